The maximum atomic E-state index is 11.1. The Kier molecular flexibility index (Phi) is 2.94. The molecule has 0 aromatic carbocycles. The van der Waals surface area contributed by atoms with Gasteiger partial charge >= 0.3 is 5.69 Å². The number of hydrogen-bond donors (Lipinski definition) is 2. The molecule has 5 heteroatoms. The topological polar surface area (TPSA) is 62.7 Å². The molecule has 2 aromatic rings. The minimum absolute atomic E-state index is 0.0998. The van der Waals surface area contributed by atoms with Gasteiger partial charge in [-0.1, -0.05) is 0 Å². The van der Waals surface area contributed by atoms with E-state index in [-0.39, 0.29) is 5.69 Å². The Hall–Kier alpha value is -1.88. The zero-order valence-electron chi connectivity index (χ0n) is 8.18. The molecule has 0 aliphatic rings. The van der Waals surface area contributed by atoms with Gasteiger partial charge in [-0.2, -0.15) is 0 Å². The Morgan fingerprint density at radius 1 is 1.40 bits per heavy atom. The molecule has 0 fully saturated rings. The molecule has 0 saturated carbocycles. The second kappa shape index (κ2) is 4.56. The number of imidazole rings is 1. The molecule has 0 bridgehead atoms. The van der Waals surface area contributed by atoms with Gasteiger partial charge in [0.05, 0.1) is 6.67 Å². The number of hydrogen-bond acceptors (Lipinski definition) is 3. The van der Waals surface area contributed by atoms with Crippen LogP contribution in [-0.4, -0.2) is 14.5 Å². The molecule has 2 heterocycles. The first-order valence-electron chi connectivity index (χ1n) is 4.70. The molecule has 0 amide bonds. The van der Waals surface area contributed by atoms with Crippen LogP contribution in [0.5, 0.6) is 0 Å². The van der Waals surface area contributed by atoms with Crippen molar-refractivity contribution in [3.8, 4) is 0 Å². The fraction of sp³-hybridized carbons (Fsp3) is 0.200. The van der Waals surface area contributed by atoms with E-state index in [9.17, 15) is 4.79 Å². The smallest absolute Gasteiger partial charge is 0.313 e. The third-order valence-electron chi connectivity index (χ3n) is 2.08. The van der Waals surface area contributed by atoms with Gasteiger partial charge in [0.25, 0.3) is 0 Å². The van der Waals surface area contributed by atoms with Crippen molar-refractivity contribution in [2.24, 2.45) is 0 Å². The monoisotopic (exact) mass is 204 g/mol. The second-order valence-corrected chi connectivity index (χ2v) is 3.18. The van der Waals surface area contributed by atoms with Gasteiger partial charge in [0, 0.05) is 31.3 Å². The van der Waals surface area contributed by atoms with Crippen molar-refractivity contribution >= 4 is 0 Å². The van der Waals surface area contributed by atoms with E-state index in [0.717, 1.165) is 12.1 Å². The molecule has 78 valence electrons. The highest BCUT2D eigenvalue weighted by Gasteiger charge is 1.94. The lowest BCUT2D eigenvalue weighted by atomic mass is 10.3. The number of aromatic nitrogens is 3. The first-order valence-corrected chi connectivity index (χ1v) is 4.70. The van der Waals surface area contributed by atoms with Crippen molar-refractivity contribution in [2.75, 3.05) is 0 Å². The summed E-state index contributed by atoms with van der Waals surface area (Å²) < 4.78 is 1.57. The van der Waals surface area contributed by atoms with Gasteiger partial charge in [0.2, 0.25) is 0 Å². The van der Waals surface area contributed by atoms with Crippen LogP contribution < -0.4 is 11.0 Å². The first-order chi connectivity index (χ1) is 7.36. The minimum atomic E-state index is -0.0998. The molecule has 0 saturated heterocycles. The van der Waals surface area contributed by atoms with Crippen molar-refractivity contribution in [1.82, 2.24) is 19.9 Å². The molecule has 0 aliphatic carbocycles. The molecule has 0 aliphatic heterocycles. The maximum absolute atomic E-state index is 11.1. The largest absolute Gasteiger partial charge is 0.326 e. The lowest BCUT2D eigenvalue weighted by Gasteiger charge is -2.04. The van der Waals surface area contributed by atoms with Crippen LogP contribution in [0.25, 0.3) is 0 Å². The van der Waals surface area contributed by atoms with Gasteiger partial charge in [-0.05, 0) is 17.7 Å². The molecule has 5 nitrogen and oxygen atoms in total. The standard InChI is InChI=1S/C10H12N4O/c15-10-13-5-6-14(10)8-12-7-9-1-3-11-4-2-9/h1-6,12H,7-8H2,(H,13,15). The summed E-state index contributed by atoms with van der Waals surface area (Å²) in [5.41, 5.74) is 1.05. The molecule has 15 heavy (non-hydrogen) atoms. The van der Waals surface area contributed by atoms with Crippen LogP contribution in [0.3, 0.4) is 0 Å². The van der Waals surface area contributed by atoms with Crippen molar-refractivity contribution in [1.29, 1.82) is 0 Å². The Morgan fingerprint density at radius 2 is 2.20 bits per heavy atom. The summed E-state index contributed by atoms with van der Waals surface area (Å²) in [6.07, 6.45) is 6.83. The molecule has 0 spiro atoms. The molecule has 0 atom stereocenters. The van der Waals surface area contributed by atoms with Crippen molar-refractivity contribution in [2.45, 2.75) is 13.2 Å². The van der Waals surface area contributed by atoms with E-state index in [1.54, 1.807) is 29.4 Å². The van der Waals surface area contributed by atoms with Gasteiger partial charge < -0.3 is 4.98 Å². The molecule has 2 rings (SSSR count). The SMILES string of the molecule is O=c1[nH]ccn1CNCc1ccncc1. The van der Waals surface area contributed by atoms with E-state index in [0.29, 0.717) is 6.67 Å². The average Bonchev–Trinajstić information content (AvgIpc) is 2.66. The van der Waals surface area contributed by atoms with Gasteiger partial charge in [0.1, 0.15) is 0 Å². The quantitative estimate of drug-likeness (QED) is 0.753. The van der Waals surface area contributed by atoms with Gasteiger partial charge in [-0.25, -0.2) is 4.79 Å². The van der Waals surface area contributed by atoms with E-state index < -0.39 is 0 Å². The number of nitrogens with zero attached hydrogens (tertiary/aromatic N) is 2. The van der Waals surface area contributed by atoms with Crippen LogP contribution in [0.2, 0.25) is 0 Å². The Bertz CT molecular complexity index is 460. The zero-order chi connectivity index (χ0) is 10.5. The van der Waals surface area contributed by atoms with Gasteiger partial charge in [-0.15, -0.1) is 0 Å². The van der Waals surface area contributed by atoms with Gasteiger partial charge in [-0.3, -0.25) is 14.9 Å². The summed E-state index contributed by atoms with van der Waals surface area (Å²) >= 11 is 0. The highest BCUT2D eigenvalue weighted by molar-refractivity contribution is 5.08. The molecule has 0 radical (unpaired) electrons. The van der Waals surface area contributed by atoms with Crippen LogP contribution in [0, 0.1) is 0 Å². The number of aromatic amines is 1. The molecule has 2 N–H and O–H groups in total. The first kappa shape index (κ1) is 9.67. The predicted molar refractivity (Wildman–Crippen MR) is 56.1 cm³/mol. The van der Waals surface area contributed by atoms with E-state index in [1.807, 2.05) is 12.1 Å². The Balaban J connectivity index is 1.86. The van der Waals surface area contributed by atoms with Crippen molar-refractivity contribution in [3.05, 3.63) is 53.0 Å². The summed E-state index contributed by atoms with van der Waals surface area (Å²) in [4.78, 5) is 17.6. The average molecular weight is 204 g/mol. The molecule has 0 unspecified atom stereocenters. The third-order valence-corrected chi connectivity index (χ3v) is 2.08. The summed E-state index contributed by atoms with van der Waals surface area (Å²) in [5, 5.41) is 3.16. The maximum Gasteiger partial charge on any atom is 0.326 e. The molecule has 2 aromatic heterocycles. The fourth-order valence-electron chi connectivity index (χ4n) is 1.29. The molecular weight excluding hydrogens is 192 g/mol. The highest BCUT2D eigenvalue weighted by Crippen LogP contribution is 1.94. The minimum Gasteiger partial charge on any atom is -0.313 e. The third kappa shape index (κ3) is 2.54. The van der Waals surface area contributed by atoms with E-state index in [2.05, 4.69) is 15.3 Å². The van der Waals surface area contributed by atoms with Crippen LogP contribution in [-0.2, 0) is 13.2 Å². The van der Waals surface area contributed by atoms with Crippen LogP contribution in [0.1, 0.15) is 5.56 Å². The summed E-state index contributed by atoms with van der Waals surface area (Å²) in [7, 11) is 0. The lowest BCUT2D eigenvalue weighted by molar-refractivity contribution is 0.544. The zero-order valence-corrected chi connectivity index (χ0v) is 8.18. The number of H-pyrrole nitrogens is 1. The van der Waals surface area contributed by atoms with Crippen molar-refractivity contribution in [3.63, 3.8) is 0 Å². The summed E-state index contributed by atoms with van der Waals surface area (Å²) in [6.45, 7) is 1.23. The number of nitrogens with one attached hydrogen (secondary N) is 2. The van der Waals surface area contributed by atoms with Crippen LogP contribution in [0.15, 0.2) is 41.7 Å². The van der Waals surface area contributed by atoms with Crippen LogP contribution >= 0.6 is 0 Å². The normalized spacial score (nSPS) is 10.4. The Morgan fingerprint density at radius 3 is 2.87 bits per heavy atom. The lowest BCUT2D eigenvalue weighted by Crippen LogP contribution is -2.25. The van der Waals surface area contributed by atoms with Crippen LogP contribution in [0.4, 0.5) is 0 Å². The number of rotatable bonds is 4. The predicted octanol–water partition coefficient (Wildman–Crippen LogP) is 0.319. The Labute approximate surface area is 86.8 Å². The summed E-state index contributed by atoms with van der Waals surface area (Å²) in [6, 6.07) is 3.87. The second-order valence-electron chi connectivity index (χ2n) is 3.18. The van der Waals surface area contributed by atoms with Crippen molar-refractivity contribution < 1.29 is 0 Å². The van der Waals surface area contributed by atoms with E-state index in [4.69, 9.17) is 0 Å². The number of pyridine rings is 1. The van der Waals surface area contributed by atoms with Gasteiger partial charge in [0.15, 0.2) is 0 Å². The highest BCUT2D eigenvalue weighted by atomic mass is 16.1. The van der Waals surface area contributed by atoms with E-state index >= 15 is 0 Å². The summed E-state index contributed by atoms with van der Waals surface area (Å²) in [5.74, 6) is 0. The fourth-order valence-corrected chi connectivity index (χ4v) is 1.29. The van der Waals surface area contributed by atoms with E-state index in [1.165, 1.54) is 0 Å². The molecular formula is C10H12N4O.